The number of thiophene rings is 1. The van der Waals surface area contributed by atoms with Crippen LogP contribution in [-0.4, -0.2) is 45.5 Å². The topological polar surface area (TPSA) is 102 Å². The lowest BCUT2D eigenvalue weighted by Crippen LogP contribution is -2.44. The zero-order valence-electron chi connectivity index (χ0n) is 23.6. The van der Waals surface area contributed by atoms with Crippen molar-refractivity contribution in [3.8, 4) is 16.9 Å². The first-order valence-electron chi connectivity index (χ1n) is 13.7. The van der Waals surface area contributed by atoms with Gasteiger partial charge in [-0.2, -0.15) is 0 Å². The van der Waals surface area contributed by atoms with Gasteiger partial charge in [-0.15, -0.1) is 11.3 Å². The second-order valence-corrected chi connectivity index (χ2v) is 13.6. The first kappa shape index (κ1) is 30.4. The van der Waals surface area contributed by atoms with Crippen LogP contribution in [0.3, 0.4) is 0 Å². The number of hydrogen-bond acceptors (Lipinski definition) is 6. The van der Waals surface area contributed by atoms with Gasteiger partial charge >= 0.3 is 0 Å². The molecule has 1 amide bonds. The highest BCUT2D eigenvalue weighted by atomic mass is 35.5. The Morgan fingerprint density at radius 3 is 2.36 bits per heavy atom. The number of ether oxygens (including phenoxy) is 1. The number of methoxy groups -OCH3 is 1. The predicted molar refractivity (Wildman–Crippen MR) is 166 cm³/mol. The molecular weight excluding hydrogens is 597 g/mol. The molecule has 42 heavy (non-hydrogen) atoms. The van der Waals surface area contributed by atoms with E-state index in [2.05, 4.69) is 5.32 Å². The number of nitrogens with two attached hydrogens (primary N) is 1. The van der Waals surface area contributed by atoms with Gasteiger partial charge in [0.05, 0.1) is 21.7 Å². The van der Waals surface area contributed by atoms with Crippen LogP contribution in [0, 0.1) is 12.7 Å². The largest absolute Gasteiger partial charge is 0.496 e. The fourth-order valence-corrected chi connectivity index (χ4v) is 7.84. The van der Waals surface area contributed by atoms with Crippen LogP contribution in [0.2, 0.25) is 5.02 Å². The SMILES string of the molecule is CN[C@H]1CC[C@H](N(Cc2cc(-c3ccc(S(N)(=O)=O)cc3)ccc2OC)C(=O)c2sc3c(F)ccc(C)c3c2Cl)CC1. The number of primary sulfonamides is 1. The van der Waals surface area contributed by atoms with Crippen molar-refractivity contribution in [1.82, 2.24) is 10.2 Å². The van der Waals surface area contributed by atoms with Crippen molar-refractivity contribution in [2.45, 2.75) is 56.1 Å². The molecule has 1 fully saturated rings. The molecule has 1 aromatic heterocycles. The quantitative estimate of drug-likeness (QED) is 0.232. The highest BCUT2D eigenvalue weighted by Crippen LogP contribution is 2.41. The summed E-state index contributed by atoms with van der Waals surface area (Å²) in [7, 11) is -0.278. The highest BCUT2D eigenvalue weighted by Gasteiger charge is 2.32. The van der Waals surface area contributed by atoms with Crippen molar-refractivity contribution < 1.29 is 22.3 Å². The summed E-state index contributed by atoms with van der Waals surface area (Å²) in [6, 6.07) is 15.4. The summed E-state index contributed by atoms with van der Waals surface area (Å²) in [5.41, 5.74) is 3.22. The Morgan fingerprint density at radius 2 is 1.76 bits per heavy atom. The fourth-order valence-electron chi connectivity index (χ4n) is 5.70. The molecule has 3 N–H and O–H groups in total. The summed E-state index contributed by atoms with van der Waals surface area (Å²) in [6.07, 6.45) is 3.47. The number of nitrogens with one attached hydrogen (secondary N) is 1. The van der Waals surface area contributed by atoms with E-state index in [1.807, 2.05) is 37.1 Å². The number of sulfonamides is 1. The van der Waals surface area contributed by atoms with Crippen molar-refractivity contribution in [2.75, 3.05) is 14.2 Å². The summed E-state index contributed by atoms with van der Waals surface area (Å²) in [5, 5.41) is 9.46. The first-order valence-corrected chi connectivity index (χ1v) is 16.4. The third kappa shape index (κ3) is 6.05. The number of aryl methyl sites for hydroxylation is 1. The molecule has 1 heterocycles. The number of halogens is 2. The molecule has 11 heteroatoms. The fraction of sp³-hybridized carbons (Fsp3) is 0.323. The number of hydrogen-bond donors (Lipinski definition) is 2. The number of benzene rings is 3. The van der Waals surface area contributed by atoms with Crippen LogP contribution in [0.5, 0.6) is 5.75 Å². The van der Waals surface area contributed by atoms with E-state index in [4.69, 9.17) is 21.5 Å². The number of fused-ring (bicyclic) bond motifs is 1. The van der Waals surface area contributed by atoms with E-state index < -0.39 is 15.8 Å². The minimum absolute atomic E-state index is 0.0285. The molecule has 4 aromatic rings. The van der Waals surface area contributed by atoms with Gasteiger partial charge in [0, 0.05) is 29.6 Å². The van der Waals surface area contributed by atoms with Crippen molar-refractivity contribution in [3.63, 3.8) is 0 Å². The van der Waals surface area contributed by atoms with Gasteiger partial charge in [-0.3, -0.25) is 4.79 Å². The van der Waals surface area contributed by atoms with Gasteiger partial charge < -0.3 is 15.0 Å². The van der Waals surface area contributed by atoms with E-state index in [1.165, 1.54) is 18.2 Å². The molecular formula is C31H33ClFN3O4S2. The van der Waals surface area contributed by atoms with Crippen LogP contribution >= 0.6 is 22.9 Å². The Hall–Kier alpha value is -3.02. The number of carbonyl (C=O) groups is 1. The van der Waals surface area contributed by atoms with Gasteiger partial charge in [0.1, 0.15) is 16.4 Å². The monoisotopic (exact) mass is 629 g/mol. The average molecular weight is 630 g/mol. The molecule has 7 nitrogen and oxygen atoms in total. The van der Waals surface area contributed by atoms with Crippen LogP contribution < -0.4 is 15.2 Å². The third-order valence-corrected chi connectivity index (χ3v) is 10.7. The predicted octanol–water partition coefficient (Wildman–Crippen LogP) is 6.50. The van der Waals surface area contributed by atoms with Crippen LogP contribution in [-0.2, 0) is 16.6 Å². The van der Waals surface area contributed by atoms with Gasteiger partial charge in [-0.1, -0.05) is 35.9 Å². The molecule has 1 aliphatic carbocycles. The normalized spacial score (nSPS) is 17.4. The molecule has 0 unspecified atom stereocenters. The standard InChI is InChI=1S/C31H33ClFN3O4S2/c1-18-4-14-25(33)29-27(18)28(32)30(41-29)31(37)36(23-10-8-22(35-2)9-11-23)17-21-16-20(7-15-26(21)40-3)19-5-12-24(13-6-19)42(34,38)39/h4-7,12-16,22-23,35H,8-11,17H2,1-3H3,(H2,34,38,39)/t22-,23-. The molecule has 0 radical (unpaired) electrons. The summed E-state index contributed by atoms with van der Waals surface area (Å²) in [5.74, 6) is -0.0192. The van der Waals surface area contributed by atoms with Gasteiger partial charge in [-0.25, -0.2) is 17.9 Å². The molecule has 222 valence electrons. The van der Waals surface area contributed by atoms with E-state index in [0.29, 0.717) is 26.8 Å². The molecule has 0 atom stereocenters. The van der Waals surface area contributed by atoms with Gasteiger partial charge in [0.25, 0.3) is 5.91 Å². The summed E-state index contributed by atoms with van der Waals surface area (Å²) >= 11 is 7.87. The Kier molecular flexibility index (Phi) is 8.91. The minimum Gasteiger partial charge on any atom is -0.496 e. The van der Waals surface area contributed by atoms with E-state index in [-0.39, 0.29) is 28.4 Å². The Labute approximate surface area is 254 Å². The van der Waals surface area contributed by atoms with Crippen LogP contribution in [0.25, 0.3) is 21.2 Å². The molecule has 0 bridgehead atoms. The number of rotatable bonds is 8. The van der Waals surface area contributed by atoms with E-state index in [1.54, 1.807) is 25.3 Å². The smallest absolute Gasteiger partial charge is 0.266 e. The Bertz CT molecular complexity index is 1730. The Morgan fingerprint density at radius 1 is 1.10 bits per heavy atom. The minimum atomic E-state index is -3.81. The summed E-state index contributed by atoms with van der Waals surface area (Å²) in [6.45, 7) is 2.11. The number of carbonyl (C=O) groups excluding carboxylic acids is 1. The molecule has 0 spiro atoms. The first-order chi connectivity index (χ1) is 20.0. The number of nitrogens with zero attached hydrogens (tertiary/aromatic N) is 1. The van der Waals surface area contributed by atoms with Crippen LogP contribution in [0.1, 0.15) is 46.5 Å². The van der Waals surface area contributed by atoms with E-state index in [0.717, 1.165) is 59.3 Å². The highest BCUT2D eigenvalue weighted by molar-refractivity contribution is 7.89. The third-order valence-electron chi connectivity index (χ3n) is 8.08. The van der Waals surface area contributed by atoms with Crippen LogP contribution in [0.15, 0.2) is 59.5 Å². The van der Waals surface area contributed by atoms with Crippen molar-refractivity contribution in [2.24, 2.45) is 5.14 Å². The second kappa shape index (κ2) is 12.3. The molecule has 0 aliphatic heterocycles. The van der Waals surface area contributed by atoms with E-state index >= 15 is 0 Å². The maximum absolute atomic E-state index is 14.8. The molecule has 1 aliphatic rings. The molecule has 5 rings (SSSR count). The van der Waals surface area contributed by atoms with Gasteiger partial charge in [0.15, 0.2) is 0 Å². The maximum atomic E-state index is 14.8. The molecule has 3 aromatic carbocycles. The second-order valence-electron chi connectivity index (χ2n) is 10.6. The van der Waals surface area contributed by atoms with Gasteiger partial charge in [-0.05, 0) is 86.7 Å². The van der Waals surface area contributed by atoms with E-state index in [9.17, 15) is 17.6 Å². The van der Waals surface area contributed by atoms with Crippen molar-refractivity contribution >= 4 is 49.0 Å². The number of amides is 1. The van der Waals surface area contributed by atoms with Gasteiger partial charge in [0.2, 0.25) is 10.0 Å². The van der Waals surface area contributed by atoms with Crippen LogP contribution in [0.4, 0.5) is 4.39 Å². The zero-order chi connectivity index (χ0) is 30.2. The lowest BCUT2D eigenvalue weighted by atomic mass is 9.89. The lowest BCUT2D eigenvalue weighted by Gasteiger charge is -2.37. The van der Waals surface area contributed by atoms with Crippen molar-refractivity contribution in [3.05, 3.63) is 81.4 Å². The maximum Gasteiger partial charge on any atom is 0.266 e. The Balaban J connectivity index is 1.55. The zero-order valence-corrected chi connectivity index (χ0v) is 26.0. The lowest BCUT2D eigenvalue weighted by molar-refractivity contribution is 0.0604. The molecule has 1 saturated carbocycles. The molecule has 0 saturated heterocycles. The summed E-state index contributed by atoms with van der Waals surface area (Å²) < 4.78 is 44.3. The average Bonchev–Trinajstić information content (AvgIpc) is 3.35. The summed E-state index contributed by atoms with van der Waals surface area (Å²) in [4.78, 5) is 16.5. The van der Waals surface area contributed by atoms with Crippen molar-refractivity contribution in [1.29, 1.82) is 0 Å².